The second-order valence-electron chi connectivity index (χ2n) is 6.44. The van der Waals surface area contributed by atoms with Gasteiger partial charge in [0.1, 0.15) is 5.03 Å². The largest absolute Gasteiger partial charge is 0.452 e. The molecular weight excluding hydrogens is 325 g/mol. The number of aromatic nitrogens is 4. The van der Waals surface area contributed by atoms with E-state index in [4.69, 9.17) is 0 Å². The summed E-state index contributed by atoms with van der Waals surface area (Å²) in [5, 5.41) is 7.56. The summed E-state index contributed by atoms with van der Waals surface area (Å²) in [5.74, 6) is -0.314. The van der Waals surface area contributed by atoms with Crippen LogP contribution in [0.1, 0.15) is 26.6 Å². The molecule has 3 aromatic rings. The molecule has 0 atom stereocenters. The fourth-order valence-electron chi connectivity index (χ4n) is 2.12. The Labute approximate surface area is 135 Å². The average Bonchev–Trinajstić information content (AvgIpc) is 2.89. The lowest BCUT2D eigenvalue weighted by molar-refractivity contribution is -0.145. The lowest BCUT2D eigenvalue weighted by atomic mass is 10.0. The Hall–Kier alpha value is -1.83. The lowest BCUT2D eigenvalue weighted by Gasteiger charge is -2.17. The van der Waals surface area contributed by atoms with E-state index in [1.807, 2.05) is 0 Å². The number of para-hydroxylation sites is 2. The number of benzene rings is 1. The van der Waals surface area contributed by atoms with E-state index in [0.717, 1.165) is 4.40 Å². The molecule has 1 aromatic carbocycles. The van der Waals surface area contributed by atoms with Crippen molar-refractivity contribution in [2.24, 2.45) is 5.41 Å². The van der Waals surface area contributed by atoms with Crippen LogP contribution in [-0.2, 0) is 6.18 Å². The van der Waals surface area contributed by atoms with Gasteiger partial charge < -0.3 is 0 Å². The molecule has 2 heterocycles. The van der Waals surface area contributed by atoms with Gasteiger partial charge in [-0.05, 0) is 17.5 Å². The predicted octanol–water partition coefficient (Wildman–Crippen LogP) is 4.43. The van der Waals surface area contributed by atoms with Crippen molar-refractivity contribution in [3.63, 3.8) is 0 Å². The minimum absolute atomic E-state index is 0.0157. The van der Waals surface area contributed by atoms with Crippen LogP contribution in [0.2, 0.25) is 0 Å². The van der Waals surface area contributed by atoms with E-state index in [9.17, 15) is 13.2 Å². The Balaban J connectivity index is 2.26. The van der Waals surface area contributed by atoms with Gasteiger partial charge in [0.05, 0.1) is 11.0 Å². The third kappa shape index (κ3) is 3.12. The Morgan fingerprint density at radius 3 is 2.43 bits per heavy atom. The Kier molecular flexibility index (Phi) is 3.74. The third-order valence-corrected chi connectivity index (χ3v) is 4.65. The van der Waals surface area contributed by atoms with E-state index >= 15 is 0 Å². The summed E-state index contributed by atoms with van der Waals surface area (Å²) in [5.41, 5.74) is 0.994. The van der Waals surface area contributed by atoms with Crippen molar-refractivity contribution in [3.05, 3.63) is 30.1 Å². The van der Waals surface area contributed by atoms with Crippen LogP contribution in [0.4, 0.5) is 13.2 Å². The van der Waals surface area contributed by atoms with Gasteiger partial charge >= 0.3 is 6.18 Å². The molecule has 0 radical (unpaired) electrons. The molecule has 8 heteroatoms. The van der Waals surface area contributed by atoms with Crippen molar-refractivity contribution in [2.75, 3.05) is 5.75 Å². The van der Waals surface area contributed by atoms with Crippen molar-refractivity contribution in [2.45, 2.75) is 32.0 Å². The molecule has 0 unspecified atom stereocenters. The summed E-state index contributed by atoms with van der Waals surface area (Å²) in [6, 6.07) is 6.70. The highest BCUT2D eigenvalue weighted by Gasteiger charge is 2.38. The van der Waals surface area contributed by atoms with E-state index in [-0.39, 0.29) is 11.1 Å². The van der Waals surface area contributed by atoms with E-state index < -0.39 is 12.0 Å². The Morgan fingerprint density at radius 2 is 1.78 bits per heavy atom. The number of hydrogen-bond acceptors (Lipinski definition) is 4. The van der Waals surface area contributed by atoms with Crippen molar-refractivity contribution < 1.29 is 13.2 Å². The number of rotatable bonds is 2. The number of fused-ring (bicyclic) bond motifs is 3. The van der Waals surface area contributed by atoms with Crippen LogP contribution < -0.4 is 0 Å². The van der Waals surface area contributed by atoms with Gasteiger partial charge in [0, 0.05) is 5.75 Å². The quantitative estimate of drug-likeness (QED) is 0.647. The van der Waals surface area contributed by atoms with Crippen molar-refractivity contribution in [3.8, 4) is 0 Å². The first-order valence-electron chi connectivity index (χ1n) is 7.01. The minimum Gasteiger partial charge on any atom is -0.267 e. The number of halogens is 3. The van der Waals surface area contributed by atoms with Crippen LogP contribution >= 0.6 is 11.8 Å². The molecule has 23 heavy (non-hydrogen) atoms. The van der Waals surface area contributed by atoms with E-state index in [1.165, 1.54) is 11.8 Å². The molecule has 0 bridgehead atoms. The standard InChI is InChI=1S/C15H15F3N4S/c1-14(2,3)8-23-12-11-20-21-13(15(16,17)18)22(11)10-7-5-4-6-9(10)19-12/h4-7H,8H2,1-3H3. The van der Waals surface area contributed by atoms with E-state index in [0.29, 0.717) is 21.8 Å². The van der Waals surface area contributed by atoms with Gasteiger partial charge in [0.25, 0.3) is 0 Å². The smallest absolute Gasteiger partial charge is 0.267 e. The SMILES string of the molecule is CC(C)(C)CSc1nc2ccccc2n2c(C(F)(F)F)nnc12. The fraction of sp³-hybridized carbons (Fsp3) is 0.400. The predicted molar refractivity (Wildman–Crippen MR) is 83.5 cm³/mol. The van der Waals surface area contributed by atoms with Crippen LogP contribution in [0.5, 0.6) is 0 Å². The van der Waals surface area contributed by atoms with Gasteiger partial charge in [-0.2, -0.15) is 13.2 Å². The Morgan fingerprint density at radius 1 is 1.09 bits per heavy atom. The van der Waals surface area contributed by atoms with Gasteiger partial charge in [0.2, 0.25) is 5.82 Å². The second kappa shape index (κ2) is 5.36. The maximum Gasteiger partial charge on any atom is 0.452 e. The highest BCUT2D eigenvalue weighted by Crippen LogP contribution is 2.34. The van der Waals surface area contributed by atoms with Crippen LogP contribution in [0, 0.1) is 5.41 Å². The van der Waals surface area contributed by atoms with Gasteiger partial charge in [-0.15, -0.1) is 22.0 Å². The van der Waals surface area contributed by atoms with E-state index in [2.05, 4.69) is 36.0 Å². The molecule has 0 amide bonds. The molecule has 0 saturated heterocycles. The molecule has 3 rings (SSSR count). The van der Waals surface area contributed by atoms with E-state index in [1.54, 1.807) is 24.3 Å². The maximum absolute atomic E-state index is 13.2. The Bertz CT molecular complexity index is 865. The number of alkyl halides is 3. The van der Waals surface area contributed by atoms with Crippen LogP contribution in [-0.4, -0.2) is 25.3 Å². The lowest BCUT2D eigenvalue weighted by Crippen LogP contribution is -2.12. The summed E-state index contributed by atoms with van der Waals surface area (Å²) in [6.45, 7) is 6.18. The zero-order valence-corrected chi connectivity index (χ0v) is 13.7. The molecule has 2 aromatic heterocycles. The fourth-order valence-corrected chi connectivity index (χ4v) is 3.12. The van der Waals surface area contributed by atoms with Crippen molar-refractivity contribution in [1.82, 2.24) is 19.6 Å². The van der Waals surface area contributed by atoms with Gasteiger partial charge in [-0.25, -0.2) is 4.98 Å². The van der Waals surface area contributed by atoms with Gasteiger partial charge in [-0.1, -0.05) is 32.9 Å². The summed E-state index contributed by atoms with van der Waals surface area (Å²) < 4.78 is 40.8. The molecule has 0 aliphatic carbocycles. The summed E-state index contributed by atoms with van der Waals surface area (Å²) in [6.07, 6.45) is -4.57. The van der Waals surface area contributed by atoms with Gasteiger partial charge in [0.15, 0.2) is 5.65 Å². The molecule has 122 valence electrons. The van der Waals surface area contributed by atoms with Crippen molar-refractivity contribution in [1.29, 1.82) is 0 Å². The van der Waals surface area contributed by atoms with Crippen LogP contribution in [0.3, 0.4) is 0 Å². The summed E-state index contributed by atoms with van der Waals surface area (Å²) in [4.78, 5) is 4.47. The third-order valence-electron chi connectivity index (χ3n) is 3.09. The topological polar surface area (TPSA) is 43.1 Å². The molecule has 0 aliphatic rings. The molecular formula is C15H15F3N4S. The molecule has 0 N–H and O–H groups in total. The van der Waals surface area contributed by atoms with Gasteiger partial charge in [-0.3, -0.25) is 4.40 Å². The number of thioether (sulfide) groups is 1. The van der Waals surface area contributed by atoms with Crippen LogP contribution in [0.15, 0.2) is 29.3 Å². The zero-order chi connectivity index (χ0) is 16.8. The summed E-state index contributed by atoms with van der Waals surface area (Å²) >= 11 is 1.39. The monoisotopic (exact) mass is 340 g/mol. The summed E-state index contributed by atoms with van der Waals surface area (Å²) in [7, 11) is 0. The molecule has 4 nitrogen and oxygen atoms in total. The normalized spacial score (nSPS) is 13.1. The number of hydrogen-bond donors (Lipinski definition) is 0. The molecule has 0 saturated carbocycles. The minimum atomic E-state index is -4.57. The van der Waals surface area contributed by atoms with Crippen molar-refractivity contribution >= 4 is 28.4 Å². The highest BCUT2D eigenvalue weighted by molar-refractivity contribution is 7.99. The zero-order valence-electron chi connectivity index (χ0n) is 12.8. The molecule has 0 fully saturated rings. The maximum atomic E-state index is 13.2. The first kappa shape index (κ1) is 16.0. The first-order valence-corrected chi connectivity index (χ1v) is 7.99. The molecule has 0 spiro atoms. The average molecular weight is 340 g/mol. The first-order chi connectivity index (χ1) is 10.7. The highest BCUT2D eigenvalue weighted by atomic mass is 32.2. The second-order valence-corrected chi connectivity index (χ2v) is 7.40. The molecule has 0 aliphatic heterocycles. The number of nitrogens with zero attached hydrogens (tertiary/aromatic N) is 4. The van der Waals surface area contributed by atoms with Crippen LogP contribution in [0.25, 0.3) is 16.7 Å².